The molecule has 0 bridgehead atoms. The number of esters is 1. The Morgan fingerprint density at radius 3 is 2.67 bits per heavy atom. The van der Waals surface area contributed by atoms with Crippen LogP contribution in [0.2, 0.25) is 0 Å². The van der Waals surface area contributed by atoms with Crippen LogP contribution in [-0.2, 0) is 16.0 Å². The maximum absolute atomic E-state index is 12.3. The number of nitrogens with one attached hydrogen (secondary N) is 1. The van der Waals surface area contributed by atoms with Crippen molar-refractivity contribution in [2.75, 3.05) is 20.6 Å². The first kappa shape index (κ1) is 16.5. The van der Waals surface area contributed by atoms with Gasteiger partial charge in [0.25, 0.3) is 0 Å². The third-order valence-corrected chi connectivity index (χ3v) is 4.68. The number of hydrogen-bond donors (Lipinski definition) is 2. The molecule has 0 saturated heterocycles. The van der Waals surface area contributed by atoms with E-state index in [1.807, 2.05) is 32.4 Å². The number of rotatable bonds is 6. The molecule has 2 unspecified atom stereocenters. The first-order valence-electron chi connectivity index (χ1n) is 8.15. The lowest BCUT2D eigenvalue weighted by molar-refractivity contribution is -0.158. The Morgan fingerprint density at radius 1 is 1.29 bits per heavy atom. The molecule has 0 amide bonds. The zero-order valence-corrected chi connectivity index (χ0v) is 13.9. The van der Waals surface area contributed by atoms with Crippen molar-refractivity contribution in [2.24, 2.45) is 11.8 Å². The van der Waals surface area contributed by atoms with Crippen molar-refractivity contribution in [3.05, 3.63) is 30.0 Å². The van der Waals surface area contributed by atoms with E-state index in [4.69, 9.17) is 9.84 Å². The first-order chi connectivity index (χ1) is 11.5. The third-order valence-electron chi connectivity index (χ3n) is 4.68. The molecular weight excluding hydrogens is 308 g/mol. The highest BCUT2D eigenvalue weighted by Gasteiger charge is 2.42. The van der Waals surface area contributed by atoms with Crippen LogP contribution in [-0.4, -0.2) is 47.6 Å². The fourth-order valence-corrected chi connectivity index (χ4v) is 3.11. The number of carbonyl (C=O) groups excluding carboxylic acids is 1. The van der Waals surface area contributed by atoms with Crippen molar-refractivity contribution in [1.29, 1.82) is 0 Å². The van der Waals surface area contributed by atoms with E-state index in [0.717, 1.165) is 29.4 Å². The molecule has 0 radical (unpaired) electrons. The molecule has 24 heavy (non-hydrogen) atoms. The van der Waals surface area contributed by atoms with E-state index in [-0.39, 0.29) is 0 Å². The standard InChI is InChI=1S/C18H22N2O4/c1-20(2)9-8-11-10-19-14-4-3-5-15(16(11)14)24-18(23)13-7-6-12(13)17(21)22/h3-5,10,12-13,19H,6-9H2,1-2H3,(H,21,22). The summed E-state index contributed by atoms with van der Waals surface area (Å²) in [6, 6.07) is 5.53. The number of aliphatic carboxylic acids is 1. The lowest BCUT2D eigenvalue weighted by Crippen LogP contribution is -2.40. The van der Waals surface area contributed by atoms with Crippen LogP contribution < -0.4 is 4.74 Å². The van der Waals surface area contributed by atoms with Crippen LogP contribution in [0, 0.1) is 11.8 Å². The lowest BCUT2D eigenvalue weighted by atomic mass is 9.74. The van der Waals surface area contributed by atoms with Crippen molar-refractivity contribution in [2.45, 2.75) is 19.3 Å². The number of hydrogen-bond acceptors (Lipinski definition) is 4. The smallest absolute Gasteiger partial charge is 0.315 e. The Hall–Kier alpha value is -2.34. The number of aromatic nitrogens is 1. The summed E-state index contributed by atoms with van der Waals surface area (Å²) < 4.78 is 5.58. The highest BCUT2D eigenvalue weighted by Crippen LogP contribution is 2.37. The summed E-state index contributed by atoms with van der Waals surface area (Å²) in [5, 5.41) is 10.0. The molecule has 1 aliphatic rings. The van der Waals surface area contributed by atoms with Crippen molar-refractivity contribution in [1.82, 2.24) is 9.88 Å². The lowest BCUT2D eigenvalue weighted by Gasteiger charge is -2.31. The van der Waals surface area contributed by atoms with E-state index >= 15 is 0 Å². The predicted molar refractivity (Wildman–Crippen MR) is 90.0 cm³/mol. The SMILES string of the molecule is CN(C)CCc1c[nH]c2cccc(OC(=O)C3CCC3C(=O)O)c12. The van der Waals surface area contributed by atoms with Crippen LogP contribution in [0.25, 0.3) is 10.9 Å². The second-order valence-corrected chi connectivity index (χ2v) is 6.60. The number of ether oxygens (including phenoxy) is 1. The summed E-state index contributed by atoms with van der Waals surface area (Å²) in [4.78, 5) is 28.8. The number of H-pyrrole nitrogens is 1. The Balaban J connectivity index is 1.82. The van der Waals surface area contributed by atoms with Gasteiger partial charge in [0.1, 0.15) is 5.75 Å². The summed E-state index contributed by atoms with van der Waals surface area (Å²) in [7, 11) is 4.02. The monoisotopic (exact) mass is 330 g/mol. The highest BCUT2D eigenvalue weighted by atomic mass is 16.5. The molecule has 2 N–H and O–H groups in total. The van der Waals surface area contributed by atoms with Gasteiger partial charge in [0.05, 0.1) is 11.8 Å². The molecule has 2 aromatic rings. The van der Waals surface area contributed by atoms with Gasteiger partial charge in [0, 0.05) is 23.6 Å². The van der Waals surface area contributed by atoms with Crippen LogP contribution in [0.5, 0.6) is 5.75 Å². The van der Waals surface area contributed by atoms with Crippen LogP contribution in [0.3, 0.4) is 0 Å². The Kier molecular flexibility index (Phi) is 4.57. The molecule has 1 saturated carbocycles. The van der Waals surface area contributed by atoms with Crippen molar-refractivity contribution in [3.63, 3.8) is 0 Å². The Morgan fingerprint density at radius 2 is 2.04 bits per heavy atom. The molecule has 3 rings (SSSR count). The summed E-state index contributed by atoms with van der Waals surface area (Å²) in [6.45, 7) is 0.888. The zero-order valence-electron chi connectivity index (χ0n) is 13.9. The summed E-state index contributed by atoms with van der Waals surface area (Å²) in [5.74, 6) is -2.02. The maximum Gasteiger partial charge on any atom is 0.315 e. The summed E-state index contributed by atoms with van der Waals surface area (Å²) in [6.07, 6.45) is 3.89. The van der Waals surface area contributed by atoms with Crippen molar-refractivity contribution >= 4 is 22.8 Å². The van der Waals surface area contributed by atoms with Gasteiger partial charge in [-0.15, -0.1) is 0 Å². The third kappa shape index (κ3) is 3.14. The minimum Gasteiger partial charge on any atom is -0.481 e. The highest BCUT2D eigenvalue weighted by molar-refractivity contribution is 5.92. The number of fused-ring (bicyclic) bond motifs is 1. The molecule has 1 aliphatic carbocycles. The zero-order chi connectivity index (χ0) is 17.3. The Bertz CT molecular complexity index is 765. The van der Waals surface area contributed by atoms with Gasteiger partial charge in [0.15, 0.2) is 0 Å². The van der Waals surface area contributed by atoms with E-state index in [1.54, 1.807) is 6.07 Å². The van der Waals surface area contributed by atoms with Gasteiger partial charge in [-0.25, -0.2) is 0 Å². The molecule has 1 heterocycles. The van der Waals surface area contributed by atoms with Gasteiger partial charge in [-0.05, 0) is 51.1 Å². The van der Waals surface area contributed by atoms with Crippen LogP contribution in [0.4, 0.5) is 0 Å². The molecule has 1 fully saturated rings. The number of likely N-dealkylation sites (N-methyl/N-ethyl adjacent to an activating group) is 1. The van der Waals surface area contributed by atoms with E-state index in [1.165, 1.54) is 0 Å². The molecule has 0 aliphatic heterocycles. The van der Waals surface area contributed by atoms with Crippen LogP contribution in [0.1, 0.15) is 18.4 Å². The fourth-order valence-electron chi connectivity index (χ4n) is 3.11. The molecule has 2 atom stereocenters. The molecule has 6 nitrogen and oxygen atoms in total. The second kappa shape index (κ2) is 6.65. The van der Waals surface area contributed by atoms with E-state index in [9.17, 15) is 9.59 Å². The number of carbonyl (C=O) groups is 2. The molecule has 0 spiro atoms. The van der Waals surface area contributed by atoms with E-state index < -0.39 is 23.8 Å². The minimum atomic E-state index is -0.922. The fraction of sp³-hybridized carbons (Fsp3) is 0.444. The molecule has 1 aromatic heterocycles. The molecule has 1 aromatic carbocycles. The van der Waals surface area contributed by atoms with Crippen LogP contribution in [0.15, 0.2) is 24.4 Å². The number of aromatic amines is 1. The first-order valence-corrected chi connectivity index (χ1v) is 8.15. The topological polar surface area (TPSA) is 82.6 Å². The quantitative estimate of drug-likeness (QED) is 0.627. The number of nitrogens with zero attached hydrogens (tertiary/aromatic N) is 1. The summed E-state index contributed by atoms with van der Waals surface area (Å²) in [5.41, 5.74) is 2.00. The summed E-state index contributed by atoms with van der Waals surface area (Å²) >= 11 is 0. The number of benzene rings is 1. The van der Waals surface area contributed by atoms with Gasteiger partial charge in [-0.1, -0.05) is 6.07 Å². The minimum absolute atomic E-state index is 0.444. The molecule has 6 heteroatoms. The van der Waals surface area contributed by atoms with Crippen LogP contribution >= 0.6 is 0 Å². The Labute approximate surface area is 140 Å². The van der Waals surface area contributed by atoms with Gasteiger partial charge < -0.3 is 19.7 Å². The maximum atomic E-state index is 12.3. The van der Waals surface area contributed by atoms with Gasteiger partial charge in [-0.2, -0.15) is 0 Å². The van der Waals surface area contributed by atoms with Gasteiger partial charge in [-0.3, -0.25) is 9.59 Å². The normalized spacial score (nSPS) is 20.1. The van der Waals surface area contributed by atoms with Gasteiger partial charge in [0.2, 0.25) is 0 Å². The average molecular weight is 330 g/mol. The number of carboxylic acids is 1. The second-order valence-electron chi connectivity index (χ2n) is 6.60. The van der Waals surface area contributed by atoms with Gasteiger partial charge >= 0.3 is 11.9 Å². The molecule has 128 valence electrons. The van der Waals surface area contributed by atoms with Crippen molar-refractivity contribution < 1.29 is 19.4 Å². The predicted octanol–water partition coefficient (Wildman–Crippen LogP) is 2.29. The van der Waals surface area contributed by atoms with Crippen molar-refractivity contribution in [3.8, 4) is 5.75 Å². The number of carboxylic acid groups (broad SMARTS) is 1. The largest absolute Gasteiger partial charge is 0.481 e. The van der Waals surface area contributed by atoms with E-state index in [0.29, 0.717) is 18.6 Å². The van der Waals surface area contributed by atoms with E-state index in [2.05, 4.69) is 9.88 Å². The molecular formula is C18H22N2O4. The average Bonchev–Trinajstić information content (AvgIpc) is 2.87.